The van der Waals surface area contributed by atoms with Gasteiger partial charge in [0.15, 0.2) is 0 Å². The second kappa shape index (κ2) is 4.14. The zero-order valence-corrected chi connectivity index (χ0v) is 11.3. The van der Waals surface area contributed by atoms with Gasteiger partial charge in [-0.2, -0.15) is 0 Å². The lowest BCUT2D eigenvalue weighted by molar-refractivity contribution is 0.476. The van der Waals surface area contributed by atoms with Gasteiger partial charge in [-0.25, -0.2) is 4.98 Å². The Morgan fingerprint density at radius 3 is 2.78 bits per heavy atom. The minimum Gasteiger partial charge on any atom is -0.508 e. The number of benzene rings is 2. The van der Waals surface area contributed by atoms with Gasteiger partial charge < -0.3 is 10.1 Å². The molecule has 0 bridgehead atoms. The molecule has 0 spiro atoms. The molecule has 3 aromatic rings. The first-order valence-corrected chi connectivity index (χ1v) is 6.38. The van der Waals surface area contributed by atoms with Gasteiger partial charge in [-0.05, 0) is 42.8 Å². The Balaban J connectivity index is 2.19. The summed E-state index contributed by atoms with van der Waals surface area (Å²) in [5, 5.41) is 9.45. The van der Waals surface area contributed by atoms with E-state index in [2.05, 4.69) is 32.0 Å². The van der Waals surface area contributed by atoms with Gasteiger partial charge >= 0.3 is 0 Å². The number of rotatable bonds is 1. The maximum absolute atomic E-state index is 9.45. The van der Waals surface area contributed by atoms with Crippen LogP contribution in [0.5, 0.6) is 5.75 Å². The first kappa shape index (κ1) is 11.3. The molecule has 0 aliphatic heterocycles. The van der Waals surface area contributed by atoms with Crippen LogP contribution in [0.2, 0.25) is 0 Å². The van der Waals surface area contributed by atoms with E-state index in [9.17, 15) is 5.11 Å². The van der Waals surface area contributed by atoms with E-state index in [0.717, 1.165) is 32.5 Å². The fourth-order valence-corrected chi connectivity index (χ4v) is 2.49. The summed E-state index contributed by atoms with van der Waals surface area (Å²) in [7, 11) is 0. The van der Waals surface area contributed by atoms with E-state index in [4.69, 9.17) is 0 Å². The van der Waals surface area contributed by atoms with Gasteiger partial charge in [0.05, 0.1) is 11.0 Å². The number of halogens is 1. The molecular weight excluding hydrogens is 292 g/mol. The summed E-state index contributed by atoms with van der Waals surface area (Å²) < 4.78 is 1.05. The molecule has 3 nitrogen and oxygen atoms in total. The highest BCUT2D eigenvalue weighted by Crippen LogP contribution is 2.27. The largest absolute Gasteiger partial charge is 0.508 e. The maximum Gasteiger partial charge on any atom is 0.138 e. The van der Waals surface area contributed by atoms with Crippen LogP contribution in [0.1, 0.15) is 5.56 Å². The van der Waals surface area contributed by atoms with Crippen LogP contribution >= 0.6 is 15.9 Å². The summed E-state index contributed by atoms with van der Waals surface area (Å²) in [5.41, 5.74) is 3.90. The molecule has 18 heavy (non-hydrogen) atoms. The molecule has 2 aromatic carbocycles. The summed E-state index contributed by atoms with van der Waals surface area (Å²) >= 11 is 3.45. The number of aromatic hydroxyl groups is 1. The molecule has 1 heterocycles. The van der Waals surface area contributed by atoms with Gasteiger partial charge in [0.1, 0.15) is 11.6 Å². The minimum atomic E-state index is 0.241. The minimum absolute atomic E-state index is 0.241. The van der Waals surface area contributed by atoms with Gasteiger partial charge in [0.2, 0.25) is 0 Å². The van der Waals surface area contributed by atoms with Crippen LogP contribution < -0.4 is 0 Å². The normalized spacial score (nSPS) is 11.0. The van der Waals surface area contributed by atoms with Gasteiger partial charge in [-0.15, -0.1) is 0 Å². The molecular formula is C14H11BrN2O. The van der Waals surface area contributed by atoms with Crippen molar-refractivity contribution in [2.45, 2.75) is 6.92 Å². The number of nitrogens with zero attached hydrogens (tertiary/aromatic N) is 1. The Morgan fingerprint density at radius 1 is 1.17 bits per heavy atom. The van der Waals surface area contributed by atoms with Crippen LogP contribution in [-0.4, -0.2) is 15.1 Å². The van der Waals surface area contributed by atoms with Crippen molar-refractivity contribution in [3.63, 3.8) is 0 Å². The summed E-state index contributed by atoms with van der Waals surface area (Å²) in [6.07, 6.45) is 0. The Kier molecular flexibility index (Phi) is 2.59. The number of phenolic OH excluding ortho intramolecular Hbond substituents is 1. The SMILES string of the molecule is Cc1cc(Br)ccc1-c1nc2ccc(O)cc2[nH]1. The zero-order chi connectivity index (χ0) is 12.7. The van der Waals surface area contributed by atoms with Gasteiger partial charge in [0.25, 0.3) is 0 Å². The average molecular weight is 303 g/mol. The third-order valence-corrected chi connectivity index (χ3v) is 3.40. The van der Waals surface area contributed by atoms with Crippen molar-refractivity contribution in [1.82, 2.24) is 9.97 Å². The number of nitrogens with one attached hydrogen (secondary N) is 1. The number of aryl methyl sites for hydroxylation is 1. The molecule has 0 fully saturated rings. The quantitative estimate of drug-likeness (QED) is 0.713. The molecule has 0 saturated heterocycles. The van der Waals surface area contributed by atoms with Crippen LogP contribution in [0, 0.1) is 6.92 Å². The predicted octanol–water partition coefficient (Wildman–Crippen LogP) is 4.01. The van der Waals surface area contributed by atoms with Crippen molar-refractivity contribution in [3.8, 4) is 17.1 Å². The van der Waals surface area contributed by atoms with Crippen molar-refractivity contribution in [2.75, 3.05) is 0 Å². The molecule has 0 aliphatic carbocycles. The fourth-order valence-electron chi connectivity index (χ4n) is 2.02. The molecule has 3 rings (SSSR count). The summed E-state index contributed by atoms with van der Waals surface area (Å²) in [5.74, 6) is 1.06. The van der Waals surface area contributed by atoms with Crippen molar-refractivity contribution >= 4 is 27.0 Å². The predicted molar refractivity (Wildman–Crippen MR) is 75.6 cm³/mol. The van der Waals surface area contributed by atoms with E-state index in [1.165, 1.54) is 0 Å². The number of imidazole rings is 1. The second-order valence-electron chi connectivity index (χ2n) is 4.25. The lowest BCUT2D eigenvalue weighted by Crippen LogP contribution is -1.85. The Labute approximate surface area is 113 Å². The second-order valence-corrected chi connectivity index (χ2v) is 5.16. The Hall–Kier alpha value is -1.81. The lowest BCUT2D eigenvalue weighted by atomic mass is 10.1. The first-order valence-electron chi connectivity index (χ1n) is 5.59. The summed E-state index contributed by atoms with van der Waals surface area (Å²) in [6, 6.07) is 11.2. The highest BCUT2D eigenvalue weighted by molar-refractivity contribution is 9.10. The third-order valence-electron chi connectivity index (χ3n) is 2.91. The van der Waals surface area contributed by atoms with Crippen LogP contribution in [0.4, 0.5) is 0 Å². The van der Waals surface area contributed by atoms with E-state index in [-0.39, 0.29) is 5.75 Å². The highest BCUT2D eigenvalue weighted by atomic mass is 79.9. The van der Waals surface area contributed by atoms with Gasteiger partial charge in [-0.1, -0.05) is 15.9 Å². The van der Waals surface area contributed by atoms with Crippen LogP contribution in [0.3, 0.4) is 0 Å². The summed E-state index contributed by atoms with van der Waals surface area (Å²) in [6.45, 7) is 2.05. The number of phenols is 1. The number of fused-ring (bicyclic) bond motifs is 1. The number of H-pyrrole nitrogens is 1. The smallest absolute Gasteiger partial charge is 0.138 e. The van der Waals surface area contributed by atoms with Crippen LogP contribution in [-0.2, 0) is 0 Å². The van der Waals surface area contributed by atoms with Crippen LogP contribution in [0.15, 0.2) is 40.9 Å². The molecule has 2 N–H and O–H groups in total. The molecule has 1 aromatic heterocycles. The van der Waals surface area contributed by atoms with E-state index in [0.29, 0.717) is 0 Å². The molecule has 0 radical (unpaired) electrons. The number of aromatic amines is 1. The van der Waals surface area contributed by atoms with Crippen molar-refractivity contribution in [1.29, 1.82) is 0 Å². The van der Waals surface area contributed by atoms with Crippen molar-refractivity contribution in [3.05, 3.63) is 46.4 Å². The fraction of sp³-hybridized carbons (Fsp3) is 0.0714. The molecule has 0 unspecified atom stereocenters. The molecule has 0 aliphatic rings. The van der Waals surface area contributed by atoms with Gasteiger partial charge in [-0.3, -0.25) is 0 Å². The highest BCUT2D eigenvalue weighted by Gasteiger charge is 2.08. The van der Waals surface area contributed by atoms with E-state index in [1.54, 1.807) is 18.2 Å². The monoisotopic (exact) mass is 302 g/mol. The standard InChI is InChI=1S/C14H11BrN2O/c1-8-6-9(15)2-4-11(8)14-16-12-5-3-10(18)7-13(12)17-14/h2-7,18H,1H3,(H,16,17). The number of hydrogen-bond acceptors (Lipinski definition) is 2. The third kappa shape index (κ3) is 1.88. The van der Waals surface area contributed by atoms with E-state index < -0.39 is 0 Å². The molecule has 0 amide bonds. The van der Waals surface area contributed by atoms with E-state index in [1.807, 2.05) is 19.1 Å². The number of aromatic nitrogens is 2. The molecule has 0 atom stereocenters. The Bertz CT molecular complexity index is 734. The lowest BCUT2D eigenvalue weighted by Gasteiger charge is -2.02. The molecule has 4 heteroatoms. The van der Waals surface area contributed by atoms with Gasteiger partial charge in [0, 0.05) is 16.1 Å². The average Bonchev–Trinajstić information content (AvgIpc) is 2.71. The van der Waals surface area contributed by atoms with Crippen LogP contribution in [0.25, 0.3) is 22.4 Å². The van der Waals surface area contributed by atoms with Crippen molar-refractivity contribution in [2.24, 2.45) is 0 Å². The topological polar surface area (TPSA) is 48.9 Å². The molecule has 90 valence electrons. The summed E-state index contributed by atoms with van der Waals surface area (Å²) in [4.78, 5) is 7.76. The maximum atomic E-state index is 9.45. The number of hydrogen-bond donors (Lipinski definition) is 2. The zero-order valence-electron chi connectivity index (χ0n) is 9.74. The first-order chi connectivity index (χ1) is 8.63. The van der Waals surface area contributed by atoms with E-state index >= 15 is 0 Å². The van der Waals surface area contributed by atoms with Crippen molar-refractivity contribution < 1.29 is 5.11 Å². The molecule has 0 saturated carbocycles. The Morgan fingerprint density at radius 2 is 2.00 bits per heavy atom.